The van der Waals surface area contributed by atoms with Crippen molar-refractivity contribution in [2.24, 2.45) is 5.73 Å². The molecule has 0 spiro atoms. The van der Waals surface area contributed by atoms with Crippen LogP contribution >= 0.6 is 23.2 Å². The molecule has 14 heavy (non-hydrogen) atoms. The third kappa shape index (κ3) is 2.38. The average molecular weight is 236 g/mol. The molecule has 0 aromatic heterocycles. The maximum absolute atomic E-state index is 13.2. The van der Waals surface area contributed by atoms with Crippen LogP contribution in [0.15, 0.2) is 12.1 Å². The molecule has 2 atom stereocenters. The highest BCUT2D eigenvalue weighted by Crippen LogP contribution is 2.30. The molecule has 0 fully saturated rings. The lowest BCUT2D eigenvalue weighted by molar-refractivity contribution is 0.594. The third-order valence-electron chi connectivity index (χ3n) is 2.32. The fourth-order valence-electron chi connectivity index (χ4n) is 1.17. The number of nitrogens with two attached hydrogens (primary N) is 1. The van der Waals surface area contributed by atoms with Crippen molar-refractivity contribution < 1.29 is 4.39 Å². The van der Waals surface area contributed by atoms with Gasteiger partial charge in [0.15, 0.2) is 0 Å². The van der Waals surface area contributed by atoms with Crippen LogP contribution in [-0.2, 0) is 0 Å². The normalized spacial score (nSPS) is 15.3. The summed E-state index contributed by atoms with van der Waals surface area (Å²) in [5.74, 6) is -0.451. The van der Waals surface area contributed by atoms with Crippen LogP contribution in [0.5, 0.6) is 0 Å². The lowest BCUT2D eigenvalue weighted by atomic mass is 9.95. The van der Waals surface area contributed by atoms with E-state index < -0.39 is 5.82 Å². The molecule has 4 heteroatoms. The van der Waals surface area contributed by atoms with Crippen molar-refractivity contribution in [1.29, 1.82) is 0 Å². The third-order valence-corrected chi connectivity index (χ3v) is 2.94. The molecule has 0 saturated heterocycles. The average Bonchev–Trinajstić information content (AvgIpc) is 2.10. The van der Waals surface area contributed by atoms with E-state index in [1.165, 1.54) is 12.1 Å². The molecule has 1 aromatic carbocycles. The predicted octanol–water partition coefficient (Wildman–Crippen LogP) is 3.58. The molecule has 2 N–H and O–H groups in total. The Bertz CT molecular complexity index is 339. The van der Waals surface area contributed by atoms with Crippen molar-refractivity contribution in [3.8, 4) is 0 Å². The molecule has 2 unspecified atom stereocenters. The van der Waals surface area contributed by atoms with Crippen LogP contribution in [0, 0.1) is 5.82 Å². The van der Waals surface area contributed by atoms with Crippen molar-refractivity contribution in [2.75, 3.05) is 0 Å². The topological polar surface area (TPSA) is 26.0 Å². The first-order valence-electron chi connectivity index (χ1n) is 4.33. The van der Waals surface area contributed by atoms with Gasteiger partial charge in [0.25, 0.3) is 0 Å². The van der Waals surface area contributed by atoms with Crippen molar-refractivity contribution in [1.82, 2.24) is 0 Å². The van der Waals surface area contributed by atoms with Gasteiger partial charge in [0.05, 0.1) is 5.02 Å². The molecule has 0 amide bonds. The Kier molecular flexibility index (Phi) is 3.76. The van der Waals surface area contributed by atoms with Crippen molar-refractivity contribution in [3.63, 3.8) is 0 Å². The first kappa shape index (κ1) is 11.8. The van der Waals surface area contributed by atoms with E-state index in [2.05, 4.69) is 0 Å². The molecule has 0 aliphatic rings. The van der Waals surface area contributed by atoms with Crippen LogP contribution in [0.4, 0.5) is 4.39 Å². The predicted molar refractivity (Wildman–Crippen MR) is 58.5 cm³/mol. The van der Waals surface area contributed by atoms with Gasteiger partial charge in [0, 0.05) is 11.1 Å². The van der Waals surface area contributed by atoms with E-state index in [0.717, 1.165) is 0 Å². The van der Waals surface area contributed by atoms with Gasteiger partial charge in [-0.2, -0.15) is 0 Å². The molecule has 0 saturated carbocycles. The lowest BCUT2D eigenvalue weighted by Crippen LogP contribution is -2.22. The van der Waals surface area contributed by atoms with Gasteiger partial charge in [-0.05, 0) is 30.5 Å². The van der Waals surface area contributed by atoms with E-state index >= 15 is 0 Å². The molecule has 1 nitrogen and oxygen atoms in total. The SMILES string of the molecule is CC(N)C(C)c1cc(F)c(Cl)cc1Cl. The van der Waals surface area contributed by atoms with E-state index in [-0.39, 0.29) is 17.0 Å². The highest BCUT2D eigenvalue weighted by molar-refractivity contribution is 6.35. The highest BCUT2D eigenvalue weighted by Gasteiger charge is 2.16. The van der Waals surface area contributed by atoms with Gasteiger partial charge in [0.2, 0.25) is 0 Å². The number of benzene rings is 1. The fraction of sp³-hybridized carbons (Fsp3) is 0.400. The monoisotopic (exact) mass is 235 g/mol. The fourth-order valence-corrected chi connectivity index (χ4v) is 1.73. The second-order valence-electron chi connectivity index (χ2n) is 3.44. The number of hydrogen-bond acceptors (Lipinski definition) is 1. The van der Waals surface area contributed by atoms with Crippen molar-refractivity contribution in [2.45, 2.75) is 25.8 Å². The Morgan fingerprint density at radius 1 is 1.21 bits per heavy atom. The summed E-state index contributed by atoms with van der Waals surface area (Å²) in [6.45, 7) is 3.76. The smallest absolute Gasteiger partial charge is 0.142 e. The summed E-state index contributed by atoms with van der Waals surface area (Å²) in [7, 11) is 0. The molecular formula is C10H12Cl2FN. The summed E-state index contributed by atoms with van der Waals surface area (Å²) in [6, 6.07) is 2.68. The Balaban J connectivity index is 3.15. The first-order valence-corrected chi connectivity index (χ1v) is 5.09. The lowest BCUT2D eigenvalue weighted by Gasteiger charge is -2.17. The molecule has 0 aliphatic heterocycles. The second-order valence-corrected chi connectivity index (χ2v) is 4.25. The van der Waals surface area contributed by atoms with Gasteiger partial charge in [-0.3, -0.25) is 0 Å². The minimum Gasteiger partial charge on any atom is -0.327 e. The van der Waals surface area contributed by atoms with Crippen LogP contribution in [0.1, 0.15) is 25.3 Å². The van der Waals surface area contributed by atoms with E-state index in [4.69, 9.17) is 28.9 Å². The Morgan fingerprint density at radius 2 is 1.79 bits per heavy atom. The first-order chi connectivity index (χ1) is 6.43. The van der Waals surface area contributed by atoms with Crippen LogP contribution in [0.25, 0.3) is 0 Å². The molecule has 0 heterocycles. The number of halogens is 3. The van der Waals surface area contributed by atoms with Gasteiger partial charge in [0.1, 0.15) is 5.82 Å². The van der Waals surface area contributed by atoms with Gasteiger partial charge >= 0.3 is 0 Å². The van der Waals surface area contributed by atoms with Gasteiger partial charge in [-0.1, -0.05) is 30.1 Å². The minimum absolute atomic E-state index is 0.00858. The maximum Gasteiger partial charge on any atom is 0.142 e. The van der Waals surface area contributed by atoms with Crippen LogP contribution < -0.4 is 5.73 Å². The summed E-state index contributed by atoms with van der Waals surface area (Å²) in [5.41, 5.74) is 6.41. The second kappa shape index (κ2) is 4.47. The van der Waals surface area contributed by atoms with Crippen LogP contribution in [0.3, 0.4) is 0 Å². The molecular weight excluding hydrogens is 224 g/mol. The van der Waals surface area contributed by atoms with Crippen molar-refractivity contribution in [3.05, 3.63) is 33.6 Å². The highest BCUT2D eigenvalue weighted by atomic mass is 35.5. The van der Waals surface area contributed by atoms with Crippen LogP contribution in [-0.4, -0.2) is 6.04 Å². The van der Waals surface area contributed by atoms with Gasteiger partial charge in [-0.25, -0.2) is 4.39 Å². The molecule has 1 rings (SSSR count). The summed E-state index contributed by atoms with van der Waals surface area (Å²) >= 11 is 11.5. The maximum atomic E-state index is 13.2. The van der Waals surface area contributed by atoms with Gasteiger partial charge < -0.3 is 5.73 Å². The van der Waals surface area contributed by atoms with Gasteiger partial charge in [-0.15, -0.1) is 0 Å². The van der Waals surface area contributed by atoms with Crippen LogP contribution in [0.2, 0.25) is 10.0 Å². The molecule has 1 aromatic rings. The zero-order chi connectivity index (χ0) is 10.9. The van der Waals surface area contributed by atoms with E-state index in [1.54, 1.807) is 0 Å². The Hall–Kier alpha value is -0.310. The minimum atomic E-state index is -0.460. The number of rotatable bonds is 2. The molecule has 0 aliphatic carbocycles. The van der Waals surface area contributed by atoms with E-state index in [9.17, 15) is 4.39 Å². The summed E-state index contributed by atoms with van der Waals surface area (Å²) < 4.78 is 13.2. The summed E-state index contributed by atoms with van der Waals surface area (Å²) in [4.78, 5) is 0. The van der Waals surface area contributed by atoms with Crippen molar-refractivity contribution >= 4 is 23.2 Å². The number of hydrogen-bond donors (Lipinski definition) is 1. The molecule has 0 bridgehead atoms. The zero-order valence-electron chi connectivity index (χ0n) is 8.02. The quantitative estimate of drug-likeness (QED) is 0.780. The Morgan fingerprint density at radius 3 is 2.29 bits per heavy atom. The molecule has 0 radical (unpaired) electrons. The zero-order valence-corrected chi connectivity index (χ0v) is 9.53. The Labute approximate surface area is 93.0 Å². The largest absolute Gasteiger partial charge is 0.327 e. The summed E-state index contributed by atoms with van der Waals surface area (Å²) in [5, 5.41) is 0.497. The van der Waals surface area contributed by atoms with E-state index in [0.29, 0.717) is 10.6 Å². The van der Waals surface area contributed by atoms with E-state index in [1.807, 2.05) is 13.8 Å². The standard InChI is InChI=1S/C10H12Cl2FN/c1-5(6(2)14)7-3-10(13)9(12)4-8(7)11/h3-6H,14H2,1-2H3. The molecule has 78 valence electrons. The summed E-state index contributed by atoms with van der Waals surface area (Å²) in [6.07, 6.45) is 0.